The molecular weight excluding hydrogens is 288 g/mol. The third kappa shape index (κ3) is 3.48. The van der Waals surface area contributed by atoms with Crippen LogP contribution in [-0.2, 0) is 9.53 Å². The monoisotopic (exact) mass is 300 g/mol. The highest BCUT2D eigenvalue weighted by atomic mass is 35.5. The van der Waals surface area contributed by atoms with Gasteiger partial charge in [-0.15, -0.1) is 0 Å². The van der Waals surface area contributed by atoms with Crippen LogP contribution in [0.15, 0.2) is 18.2 Å². The van der Waals surface area contributed by atoms with Gasteiger partial charge in [0.15, 0.2) is 5.11 Å². The molecule has 1 atom stereocenters. The van der Waals surface area contributed by atoms with E-state index in [-0.39, 0.29) is 5.97 Å². The van der Waals surface area contributed by atoms with Crippen LogP contribution >= 0.6 is 23.8 Å². The van der Waals surface area contributed by atoms with Crippen LogP contribution in [0.25, 0.3) is 0 Å². The number of rotatable bonds is 3. The number of cyclic esters (lactones) is 1. The number of halogens is 1. The topological polar surface area (TPSA) is 59.6 Å². The molecule has 1 unspecified atom stereocenters. The van der Waals surface area contributed by atoms with Crippen LogP contribution in [0.4, 0.5) is 5.69 Å². The molecule has 2 N–H and O–H groups in total. The van der Waals surface area contributed by atoms with Gasteiger partial charge in [0.25, 0.3) is 0 Å². The summed E-state index contributed by atoms with van der Waals surface area (Å²) in [4.78, 5) is 11.3. The lowest BCUT2D eigenvalue weighted by molar-refractivity contribution is -0.139. The third-order valence-corrected chi connectivity index (χ3v) is 3.11. The number of carbonyl (C=O) groups excluding carboxylic acids is 1. The van der Waals surface area contributed by atoms with Crippen LogP contribution < -0.4 is 15.4 Å². The average molecular weight is 301 g/mol. The molecule has 0 bridgehead atoms. The normalized spacial score (nSPS) is 17.8. The molecule has 19 heavy (non-hydrogen) atoms. The van der Waals surface area contributed by atoms with Gasteiger partial charge in [-0.05, 0) is 30.4 Å². The zero-order valence-corrected chi connectivity index (χ0v) is 11.8. The number of anilines is 1. The first-order valence-electron chi connectivity index (χ1n) is 5.68. The second-order valence-corrected chi connectivity index (χ2v) is 4.80. The number of benzene rings is 1. The van der Waals surface area contributed by atoms with Crippen molar-refractivity contribution in [3.05, 3.63) is 23.2 Å². The lowest BCUT2D eigenvalue weighted by Gasteiger charge is -2.15. The molecule has 0 aliphatic carbocycles. The standard InChI is InChI=1S/C12H13ClN2O3S/c1-17-10-3-2-7(13)6-9(10)15-12(19)14-8-4-5-18-11(8)16/h2-3,6,8H,4-5H2,1H3,(H2,14,15,19). The van der Waals surface area contributed by atoms with E-state index in [1.807, 2.05) is 0 Å². The highest BCUT2D eigenvalue weighted by molar-refractivity contribution is 7.80. The second-order valence-electron chi connectivity index (χ2n) is 3.95. The van der Waals surface area contributed by atoms with Gasteiger partial charge in [0.1, 0.15) is 11.8 Å². The minimum atomic E-state index is -0.398. The third-order valence-electron chi connectivity index (χ3n) is 2.65. The molecule has 0 aromatic heterocycles. The molecule has 102 valence electrons. The van der Waals surface area contributed by atoms with Gasteiger partial charge in [-0.2, -0.15) is 0 Å². The lowest BCUT2D eigenvalue weighted by Crippen LogP contribution is -2.40. The largest absolute Gasteiger partial charge is 0.495 e. The maximum Gasteiger partial charge on any atom is 0.328 e. The Morgan fingerprint density at radius 3 is 3.00 bits per heavy atom. The summed E-state index contributed by atoms with van der Waals surface area (Å²) in [7, 11) is 1.55. The van der Waals surface area contributed by atoms with Crippen LogP contribution in [0, 0.1) is 0 Å². The summed E-state index contributed by atoms with van der Waals surface area (Å²) in [6.45, 7) is 0.416. The van der Waals surface area contributed by atoms with Crippen molar-refractivity contribution in [1.82, 2.24) is 5.32 Å². The maximum atomic E-state index is 11.3. The number of hydrogen-bond donors (Lipinski definition) is 2. The fourth-order valence-electron chi connectivity index (χ4n) is 1.72. The Hall–Kier alpha value is -1.53. The number of methoxy groups -OCH3 is 1. The van der Waals surface area contributed by atoms with Crippen molar-refractivity contribution in [1.29, 1.82) is 0 Å². The Balaban J connectivity index is 2.02. The quantitative estimate of drug-likeness (QED) is 0.657. The predicted molar refractivity (Wildman–Crippen MR) is 76.7 cm³/mol. The van der Waals surface area contributed by atoms with Crippen molar-refractivity contribution in [2.75, 3.05) is 19.0 Å². The number of ether oxygens (including phenoxy) is 2. The Kier molecular flexibility index (Phi) is 4.44. The van der Waals surface area contributed by atoms with Crippen molar-refractivity contribution >= 4 is 40.6 Å². The molecule has 1 saturated heterocycles. The minimum absolute atomic E-state index is 0.290. The van der Waals surface area contributed by atoms with Gasteiger partial charge in [-0.1, -0.05) is 11.6 Å². The van der Waals surface area contributed by atoms with Crippen LogP contribution in [0.3, 0.4) is 0 Å². The summed E-state index contributed by atoms with van der Waals surface area (Å²) in [5.41, 5.74) is 0.638. The van der Waals surface area contributed by atoms with Crippen LogP contribution in [0.1, 0.15) is 6.42 Å². The Labute approximate surface area is 121 Å². The van der Waals surface area contributed by atoms with Crippen LogP contribution in [-0.4, -0.2) is 30.8 Å². The zero-order valence-electron chi connectivity index (χ0n) is 10.2. The van der Waals surface area contributed by atoms with Crippen LogP contribution in [0.5, 0.6) is 5.75 Å². The van der Waals surface area contributed by atoms with Crippen molar-refractivity contribution in [2.24, 2.45) is 0 Å². The summed E-state index contributed by atoms with van der Waals surface area (Å²) < 4.78 is 10.0. The predicted octanol–water partition coefficient (Wildman–Crippen LogP) is 1.95. The van der Waals surface area contributed by atoms with Gasteiger partial charge in [-0.3, -0.25) is 0 Å². The van der Waals surface area contributed by atoms with E-state index >= 15 is 0 Å². The Morgan fingerprint density at radius 1 is 1.58 bits per heavy atom. The number of thiocarbonyl (C=S) groups is 1. The Morgan fingerprint density at radius 2 is 2.37 bits per heavy atom. The fourth-order valence-corrected chi connectivity index (χ4v) is 2.15. The molecule has 1 aliphatic heterocycles. The first-order valence-corrected chi connectivity index (χ1v) is 6.46. The molecule has 1 heterocycles. The first-order chi connectivity index (χ1) is 9.10. The van der Waals surface area contributed by atoms with Crippen molar-refractivity contribution < 1.29 is 14.3 Å². The van der Waals surface area contributed by atoms with Crippen molar-refractivity contribution in [3.63, 3.8) is 0 Å². The van der Waals surface area contributed by atoms with Gasteiger partial charge in [0.05, 0.1) is 19.4 Å². The molecule has 5 nitrogen and oxygen atoms in total. The van der Waals surface area contributed by atoms with E-state index < -0.39 is 6.04 Å². The fraction of sp³-hybridized carbons (Fsp3) is 0.333. The molecular formula is C12H13ClN2O3S. The van der Waals surface area contributed by atoms with Crippen molar-refractivity contribution in [3.8, 4) is 5.75 Å². The SMILES string of the molecule is COc1ccc(Cl)cc1NC(=S)NC1CCOC1=O. The van der Waals surface area contributed by atoms with Crippen molar-refractivity contribution in [2.45, 2.75) is 12.5 Å². The Bertz CT molecular complexity index is 510. The second kappa shape index (κ2) is 6.08. The molecule has 2 rings (SSSR count). The summed E-state index contributed by atoms with van der Waals surface area (Å²) in [6.07, 6.45) is 0.604. The average Bonchev–Trinajstić information content (AvgIpc) is 2.75. The number of esters is 1. The molecule has 0 spiro atoms. The molecule has 7 heteroatoms. The van der Waals surface area contributed by atoms with Gasteiger partial charge in [-0.25, -0.2) is 4.79 Å². The van der Waals surface area contributed by atoms with E-state index in [9.17, 15) is 4.79 Å². The molecule has 1 fully saturated rings. The van der Waals surface area contributed by atoms with E-state index in [2.05, 4.69) is 10.6 Å². The van der Waals surface area contributed by atoms with Gasteiger partial charge in [0.2, 0.25) is 0 Å². The summed E-state index contributed by atoms with van der Waals surface area (Å²) in [5, 5.41) is 6.73. The molecule has 1 aromatic carbocycles. The number of hydrogen-bond acceptors (Lipinski definition) is 4. The minimum Gasteiger partial charge on any atom is -0.495 e. The summed E-state index contributed by atoms with van der Waals surface area (Å²) in [6, 6.07) is 4.75. The maximum absolute atomic E-state index is 11.3. The van der Waals surface area contributed by atoms with Gasteiger partial charge < -0.3 is 20.1 Å². The van der Waals surface area contributed by atoms with E-state index in [1.54, 1.807) is 25.3 Å². The van der Waals surface area contributed by atoms with E-state index in [0.29, 0.717) is 34.6 Å². The molecule has 0 saturated carbocycles. The molecule has 0 amide bonds. The lowest BCUT2D eigenvalue weighted by atomic mass is 10.2. The zero-order chi connectivity index (χ0) is 13.8. The van der Waals surface area contributed by atoms with Crippen LogP contribution in [0.2, 0.25) is 5.02 Å². The summed E-state index contributed by atoms with van der Waals surface area (Å²) >= 11 is 11.1. The van der Waals surface area contributed by atoms with Gasteiger partial charge in [0, 0.05) is 11.4 Å². The van der Waals surface area contributed by atoms with E-state index in [1.165, 1.54) is 0 Å². The summed E-state index contributed by atoms with van der Waals surface area (Å²) in [5.74, 6) is 0.324. The van der Waals surface area contributed by atoms with Gasteiger partial charge >= 0.3 is 5.97 Å². The number of nitrogens with one attached hydrogen (secondary N) is 2. The number of carbonyl (C=O) groups is 1. The highest BCUT2D eigenvalue weighted by Gasteiger charge is 2.26. The highest BCUT2D eigenvalue weighted by Crippen LogP contribution is 2.27. The molecule has 0 radical (unpaired) electrons. The first kappa shape index (κ1) is 13.9. The van der Waals surface area contributed by atoms with E-state index in [0.717, 1.165) is 0 Å². The van der Waals surface area contributed by atoms with E-state index in [4.69, 9.17) is 33.3 Å². The molecule has 1 aliphatic rings. The smallest absolute Gasteiger partial charge is 0.328 e. The molecule has 1 aromatic rings.